The Morgan fingerprint density at radius 3 is 2.88 bits per heavy atom. The van der Waals surface area contributed by atoms with Crippen molar-refractivity contribution >= 4 is 11.6 Å². The number of aliphatic hydroxyl groups is 1. The molecule has 0 saturated carbocycles. The first kappa shape index (κ1) is 13.3. The highest BCUT2D eigenvalue weighted by Gasteiger charge is 2.09. The van der Waals surface area contributed by atoms with E-state index < -0.39 is 6.10 Å². The Hall–Kier alpha value is -1.79. The number of ether oxygens (including phenoxy) is 1. The van der Waals surface area contributed by atoms with Crippen molar-refractivity contribution < 1.29 is 19.7 Å². The second kappa shape index (κ2) is 6.07. The highest BCUT2D eigenvalue weighted by molar-refractivity contribution is 5.90. The third-order valence-corrected chi connectivity index (χ3v) is 1.98. The van der Waals surface area contributed by atoms with Crippen LogP contribution >= 0.6 is 0 Å². The number of carbonyl (C=O) groups is 1. The van der Waals surface area contributed by atoms with Crippen LogP contribution in [0.1, 0.15) is 6.92 Å². The molecule has 0 fully saturated rings. The minimum absolute atomic E-state index is 0.00740. The van der Waals surface area contributed by atoms with Crippen molar-refractivity contribution in [2.75, 3.05) is 18.5 Å². The standard InChI is InChI=1S/C11H16N2O4/c1-7(14)13-10-3-2-8(15)4-11(10)17-6-9(16)5-12/h2-4,9,15-16H,5-6,12H2,1H3,(H,13,14)/t9-/m0/s1. The van der Waals surface area contributed by atoms with Crippen molar-refractivity contribution in [2.24, 2.45) is 5.73 Å². The maximum Gasteiger partial charge on any atom is 0.221 e. The molecule has 1 amide bonds. The molecule has 1 aromatic carbocycles. The van der Waals surface area contributed by atoms with E-state index in [1.54, 1.807) is 0 Å². The molecule has 0 aliphatic heterocycles. The van der Waals surface area contributed by atoms with Gasteiger partial charge in [-0.2, -0.15) is 0 Å². The van der Waals surface area contributed by atoms with Crippen molar-refractivity contribution in [3.8, 4) is 11.5 Å². The smallest absolute Gasteiger partial charge is 0.221 e. The quantitative estimate of drug-likeness (QED) is 0.544. The molecule has 0 aromatic heterocycles. The number of aromatic hydroxyl groups is 1. The molecule has 17 heavy (non-hydrogen) atoms. The fourth-order valence-corrected chi connectivity index (χ4v) is 1.18. The summed E-state index contributed by atoms with van der Waals surface area (Å²) in [5.74, 6) is 0.0453. The van der Waals surface area contributed by atoms with E-state index in [9.17, 15) is 15.0 Å². The molecule has 1 rings (SSSR count). The Morgan fingerprint density at radius 1 is 1.59 bits per heavy atom. The lowest BCUT2D eigenvalue weighted by molar-refractivity contribution is -0.114. The molecular formula is C11H16N2O4. The van der Waals surface area contributed by atoms with Crippen LogP contribution < -0.4 is 15.8 Å². The lowest BCUT2D eigenvalue weighted by Crippen LogP contribution is -2.26. The molecule has 0 heterocycles. The number of phenolic OH excluding ortho intramolecular Hbond substituents is 1. The van der Waals surface area contributed by atoms with Crippen LogP contribution in [0.15, 0.2) is 18.2 Å². The van der Waals surface area contributed by atoms with Crippen molar-refractivity contribution in [1.29, 1.82) is 0 Å². The van der Waals surface area contributed by atoms with Gasteiger partial charge in [-0.05, 0) is 12.1 Å². The number of anilines is 1. The van der Waals surface area contributed by atoms with Crippen molar-refractivity contribution in [1.82, 2.24) is 0 Å². The molecule has 6 nitrogen and oxygen atoms in total. The number of hydrogen-bond acceptors (Lipinski definition) is 5. The van der Waals surface area contributed by atoms with Gasteiger partial charge >= 0.3 is 0 Å². The average molecular weight is 240 g/mol. The second-order valence-electron chi connectivity index (χ2n) is 3.56. The Balaban J connectivity index is 2.79. The second-order valence-corrected chi connectivity index (χ2v) is 3.56. The van der Waals surface area contributed by atoms with Crippen molar-refractivity contribution in [3.05, 3.63) is 18.2 Å². The van der Waals surface area contributed by atoms with Crippen molar-refractivity contribution in [2.45, 2.75) is 13.0 Å². The summed E-state index contributed by atoms with van der Waals surface area (Å²) >= 11 is 0. The first-order valence-corrected chi connectivity index (χ1v) is 5.14. The molecule has 1 aromatic rings. The molecule has 1 atom stereocenters. The number of carbonyl (C=O) groups excluding carboxylic acids is 1. The number of benzene rings is 1. The molecule has 0 aliphatic carbocycles. The lowest BCUT2D eigenvalue weighted by atomic mass is 10.2. The molecular weight excluding hydrogens is 224 g/mol. The van der Waals surface area contributed by atoms with Crippen LogP contribution in [0.3, 0.4) is 0 Å². The summed E-state index contributed by atoms with van der Waals surface area (Å²) < 4.78 is 5.27. The van der Waals surface area contributed by atoms with Gasteiger partial charge in [-0.15, -0.1) is 0 Å². The SMILES string of the molecule is CC(=O)Nc1ccc(O)cc1OC[C@@H](O)CN. The van der Waals surface area contributed by atoms with E-state index in [4.69, 9.17) is 10.5 Å². The predicted octanol–water partition coefficient (Wildman–Crippen LogP) is 0.0490. The summed E-state index contributed by atoms with van der Waals surface area (Å²) in [5, 5.41) is 21.1. The highest BCUT2D eigenvalue weighted by Crippen LogP contribution is 2.28. The topological polar surface area (TPSA) is 105 Å². The fourth-order valence-electron chi connectivity index (χ4n) is 1.18. The number of rotatable bonds is 5. The number of nitrogens with one attached hydrogen (secondary N) is 1. The van der Waals surface area contributed by atoms with E-state index in [0.717, 1.165) is 0 Å². The van der Waals surface area contributed by atoms with Crippen LogP contribution in [0.25, 0.3) is 0 Å². The van der Waals surface area contributed by atoms with Gasteiger partial charge in [-0.25, -0.2) is 0 Å². The zero-order chi connectivity index (χ0) is 12.8. The van der Waals surface area contributed by atoms with Gasteiger partial charge in [0.25, 0.3) is 0 Å². The van der Waals surface area contributed by atoms with Gasteiger partial charge in [0.15, 0.2) is 0 Å². The Morgan fingerprint density at radius 2 is 2.29 bits per heavy atom. The Bertz CT molecular complexity index is 395. The number of phenols is 1. The summed E-state index contributed by atoms with van der Waals surface area (Å²) in [5.41, 5.74) is 5.67. The van der Waals surface area contributed by atoms with Gasteiger partial charge in [0.2, 0.25) is 5.91 Å². The zero-order valence-electron chi connectivity index (χ0n) is 9.51. The van der Waals surface area contributed by atoms with E-state index >= 15 is 0 Å². The number of nitrogens with two attached hydrogens (primary N) is 1. The van der Waals surface area contributed by atoms with E-state index in [-0.39, 0.29) is 30.6 Å². The minimum Gasteiger partial charge on any atom is -0.508 e. The van der Waals surface area contributed by atoms with Gasteiger partial charge in [-0.1, -0.05) is 0 Å². The Labute approximate surface area is 99.0 Å². The van der Waals surface area contributed by atoms with Crippen LogP contribution in [0.2, 0.25) is 0 Å². The molecule has 0 unspecified atom stereocenters. The van der Waals surface area contributed by atoms with Crippen LogP contribution in [0.4, 0.5) is 5.69 Å². The van der Waals surface area contributed by atoms with Gasteiger partial charge in [0.1, 0.15) is 24.2 Å². The molecule has 0 saturated heterocycles. The van der Waals surface area contributed by atoms with Crippen molar-refractivity contribution in [3.63, 3.8) is 0 Å². The predicted molar refractivity (Wildman–Crippen MR) is 63.0 cm³/mol. The minimum atomic E-state index is -0.789. The molecule has 6 heteroatoms. The van der Waals surface area contributed by atoms with Crippen LogP contribution in [0.5, 0.6) is 11.5 Å². The number of aliphatic hydroxyl groups excluding tert-OH is 1. The van der Waals surface area contributed by atoms with E-state index in [1.165, 1.54) is 25.1 Å². The Kier molecular flexibility index (Phi) is 4.74. The van der Waals surface area contributed by atoms with Gasteiger partial charge < -0.3 is 26.0 Å². The summed E-state index contributed by atoms with van der Waals surface area (Å²) in [7, 11) is 0. The molecule has 5 N–H and O–H groups in total. The first-order valence-electron chi connectivity index (χ1n) is 5.14. The van der Waals surface area contributed by atoms with Gasteiger partial charge in [-0.3, -0.25) is 4.79 Å². The molecule has 0 aliphatic rings. The third-order valence-electron chi connectivity index (χ3n) is 1.98. The fraction of sp³-hybridized carbons (Fsp3) is 0.364. The molecule has 94 valence electrons. The van der Waals surface area contributed by atoms with Crippen LogP contribution in [-0.2, 0) is 4.79 Å². The summed E-state index contributed by atoms with van der Waals surface area (Å²) in [6, 6.07) is 4.30. The number of amides is 1. The lowest BCUT2D eigenvalue weighted by Gasteiger charge is -2.14. The monoisotopic (exact) mass is 240 g/mol. The van der Waals surface area contributed by atoms with E-state index in [2.05, 4.69) is 5.32 Å². The average Bonchev–Trinajstić information content (AvgIpc) is 2.28. The normalized spacial score (nSPS) is 11.9. The van der Waals surface area contributed by atoms with E-state index in [0.29, 0.717) is 5.69 Å². The molecule has 0 bridgehead atoms. The summed E-state index contributed by atoms with van der Waals surface area (Å²) in [4.78, 5) is 10.9. The third kappa shape index (κ3) is 4.29. The first-order chi connectivity index (χ1) is 8.02. The summed E-state index contributed by atoms with van der Waals surface area (Å²) in [6.07, 6.45) is -0.789. The van der Waals surface area contributed by atoms with Crippen LogP contribution in [-0.4, -0.2) is 35.4 Å². The maximum absolute atomic E-state index is 10.9. The van der Waals surface area contributed by atoms with Gasteiger partial charge in [0.05, 0.1) is 5.69 Å². The highest BCUT2D eigenvalue weighted by atomic mass is 16.5. The zero-order valence-corrected chi connectivity index (χ0v) is 9.51. The summed E-state index contributed by atoms with van der Waals surface area (Å²) in [6.45, 7) is 1.44. The number of hydrogen-bond donors (Lipinski definition) is 4. The van der Waals surface area contributed by atoms with E-state index in [1.807, 2.05) is 0 Å². The maximum atomic E-state index is 10.9. The molecule has 0 spiro atoms. The van der Waals surface area contributed by atoms with Gasteiger partial charge in [0, 0.05) is 19.5 Å². The molecule has 0 radical (unpaired) electrons. The van der Waals surface area contributed by atoms with Crippen LogP contribution in [0, 0.1) is 0 Å². The largest absolute Gasteiger partial charge is 0.508 e.